The Labute approximate surface area is 110 Å². The first-order chi connectivity index (χ1) is 8.84. The van der Waals surface area contributed by atoms with Gasteiger partial charge in [-0.1, -0.05) is 0 Å². The van der Waals surface area contributed by atoms with Crippen molar-refractivity contribution in [2.45, 2.75) is 39.2 Å². The van der Waals surface area contributed by atoms with E-state index in [0.717, 1.165) is 4.90 Å². The Balaban J connectivity index is 4.80. The van der Waals surface area contributed by atoms with E-state index in [1.54, 1.807) is 0 Å². The van der Waals surface area contributed by atoms with Crippen LogP contribution in [0.2, 0.25) is 0 Å². The summed E-state index contributed by atoms with van der Waals surface area (Å²) in [6, 6.07) is -1.04. The molecule has 0 aromatic heterocycles. The Morgan fingerprint density at radius 2 is 1.58 bits per heavy atom. The van der Waals surface area contributed by atoms with Gasteiger partial charge >= 0.3 is 0 Å². The summed E-state index contributed by atoms with van der Waals surface area (Å²) in [5.41, 5.74) is 3.84. The zero-order valence-corrected chi connectivity index (χ0v) is 10.9. The van der Waals surface area contributed by atoms with E-state index in [4.69, 9.17) is 11.7 Å². The number of hydrogen-bond donors (Lipinski definition) is 4. The monoisotopic (exact) mass is 273 g/mol. The fraction of sp³-hybridized carbons (Fsp3) is 0.600. The molecule has 0 aromatic rings. The second-order valence-corrected chi connectivity index (χ2v) is 3.89. The molecule has 0 saturated carbocycles. The molecule has 4 amide bonds. The van der Waals surface area contributed by atoms with E-state index < -0.39 is 29.7 Å². The van der Waals surface area contributed by atoms with Gasteiger partial charge in [0.05, 0.1) is 0 Å². The lowest BCUT2D eigenvalue weighted by Gasteiger charge is -2.26. The van der Waals surface area contributed by atoms with Gasteiger partial charge in [0.15, 0.2) is 0 Å². The van der Waals surface area contributed by atoms with Crippen LogP contribution in [0.3, 0.4) is 0 Å². The zero-order valence-electron chi connectivity index (χ0n) is 10.9. The van der Waals surface area contributed by atoms with E-state index in [-0.39, 0.29) is 19.3 Å². The number of rotatable bonds is 6. The Morgan fingerprint density at radius 3 is 1.95 bits per heavy atom. The minimum atomic E-state index is -1.04. The zero-order chi connectivity index (χ0) is 15.0. The van der Waals surface area contributed by atoms with Gasteiger partial charge in [-0.2, -0.15) is 0 Å². The van der Waals surface area contributed by atoms with Gasteiger partial charge in [-0.15, -0.1) is 0 Å². The van der Waals surface area contributed by atoms with Crippen molar-refractivity contribution >= 4 is 23.6 Å². The van der Waals surface area contributed by atoms with Crippen LogP contribution in [0, 0.1) is 0 Å². The smallest absolute Gasteiger partial charge is 0.257 e. The van der Waals surface area contributed by atoms with Crippen LogP contribution in [0.1, 0.15) is 33.1 Å². The number of carbonyl (C=O) groups is 4. The third-order valence-electron chi connectivity index (χ3n) is 2.48. The molecule has 0 spiro atoms. The minimum Gasteiger partial charge on any atom is -0.294 e. The normalized spacial score (nSPS) is 11.4. The summed E-state index contributed by atoms with van der Waals surface area (Å²) in [4.78, 5) is 46.1. The second kappa shape index (κ2) is 8.16. The van der Waals surface area contributed by atoms with Gasteiger partial charge < -0.3 is 0 Å². The van der Waals surface area contributed by atoms with E-state index in [2.05, 4.69) is 0 Å². The van der Waals surface area contributed by atoms with Gasteiger partial charge in [-0.25, -0.2) is 11.7 Å². The number of hydrazine groups is 2. The van der Waals surface area contributed by atoms with Crippen molar-refractivity contribution in [2.24, 2.45) is 11.7 Å². The highest BCUT2D eigenvalue weighted by atomic mass is 16.2. The minimum absolute atomic E-state index is 0.0779. The van der Waals surface area contributed by atoms with Gasteiger partial charge in [0.1, 0.15) is 6.04 Å². The molecule has 9 nitrogen and oxygen atoms in total. The first kappa shape index (κ1) is 17.0. The van der Waals surface area contributed by atoms with Crippen molar-refractivity contribution in [1.82, 2.24) is 15.8 Å². The largest absolute Gasteiger partial charge is 0.294 e. The molecule has 0 saturated heterocycles. The SMILES string of the molecule is CC(=O)N(C(C)=O)C(CCCC(=O)NN)C(=O)NN. The summed E-state index contributed by atoms with van der Waals surface area (Å²) < 4.78 is 0. The van der Waals surface area contributed by atoms with Crippen molar-refractivity contribution in [3.63, 3.8) is 0 Å². The lowest BCUT2D eigenvalue weighted by molar-refractivity contribution is -0.150. The number of amides is 4. The van der Waals surface area contributed by atoms with E-state index in [1.807, 2.05) is 10.9 Å². The maximum atomic E-state index is 11.6. The van der Waals surface area contributed by atoms with Crippen LogP contribution in [0.4, 0.5) is 0 Å². The quantitative estimate of drug-likeness (QED) is 0.247. The van der Waals surface area contributed by atoms with Crippen molar-refractivity contribution in [2.75, 3.05) is 0 Å². The van der Waals surface area contributed by atoms with Crippen LogP contribution in [0.25, 0.3) is 0 Å². The topological polar surface area (TPSA) is 148 Å². The molecule has 0 aliphatic heterocycles. The van der Waals surface area contributed by atoms with Crippen LogP contribution < -0.4 is 22.5 Å². The molecule has 1 unspecified atom stereocenters. The number of nitrogens with one attached hydrogen (secondary N) is 2. The highest BCUT2D eigenvalue weighted by molar-refractivity contribution is 5.98. The van der Waals surface area contributed by atoms with E-state index >= 15 is 0 Å². The van der Waals surface area contributed by atoms with Gasteiger partial charge in [-0.3, -0.25) is 34.9 Å². The van der Waals surface area contributed by atoms with Crippen molar-refractivity contribution in [1.29, 1.82) is 0 Å². The third-order valence-corrected chi connectivity index (χ3v) is 2.48. The summed E-state index contributed by atoms with van der Waals surface area (Å²) in [6.07, 6.45) is 0.474. The van der Waals surface area contributed by atoms with Crippen molar-refractivity contribution in [3.05, 3.63) is 0 Å². The molecule has 9 heteroatoms. The first-order valence-electron chi connectivity index (χ1n) is 5.65. The maximum absolute atomic E-state index is 11.6. The summed E-state index contributed by atoms with van der Waals surface area (Å²) in [7, 11) is 0. The third kappa shape index (κ3) is 5.44. The van der Waals surface area contributed by atoms with E-state index in [9.17, 15) is 19.2 Å². The Kier molecular flexibility index (Phi) is 7.30. The Bertz CT molecular complexity index is 357. The number of nitrogens with two attached hydrogens (primary N) is 2. The van der Waals surface area contributed by atoms with Crippen LogP contribution in [-0.4, -0.2) is 34.6 Å². The highest BCUT2D eigenvalue weighted by Gasteiger charge is 2.30. The van der Waals surface area contributed by atoms with Crippen LogP contribution in [0.15, 0.2) is 0 Å². The van der Waals surface area contributed by atoms with Crippen LogP contribution >= 0.6 is 0 Å². The van der Waals surface area contributed by atoms with E-state index in [1.165, 1.54) is 13.8 Å². The molecule has 1 atom stereocenters. The standard InChI is InChI=1S/C10H19N5O4/c1-6(16)15(7(2)17)8(10(19)14-12)4-3-5-9(18)13-11/h8H,3-5,11-12H2,1-2H3,(H,13,18)(H,14,19). The van der Waals surface area contributed by atoms with Gasteiger partial charge in [0, 0.05) is 20.3 Å². The lowest BCUT2D eigenvalue weighted by Crippen LogP contribution is -2.52. The number of carbonyl (C=O) groups excluding carboxylic acids is 4. The molecule has 0 heterocycles. The fourth-order valence-corrected chi connectivity index (χ4v) is 1.66. The number of nitrogens with zero attached hydrogens (tertiary/aromatic N) is 1. The first-order valence-corrected chi connectivity index (χ1v) is 5.65. The Morgan fingerprint density at radius 1 is 1.05 bits per heavy atom. The molecular formula is C10H19N5O4. The summed E-state index contributed by atoms with van der Waals surface area (Å²) in [6.45, 7) is 2.34. The Hall–Kier alpha value is -2.00. The van der Waals surface area contributed by atoms with Crippen LogP contribution in [-0.2, 0) is 19.2 Å². The predicted molar refractivity (Wildman–Crippen MR) is 65.5 cm³/mol. The average Bonchev–Trinajstić information content (AvgIpc) is 2.35. The van der Waals surface area contributed by atoms with E-state index in [0.29, 0.717) is 0 Å². The van der Waals surface area contributed by atoms with Gasteiger partial charge in [0.25, 0.3) is 5.91 Å². The van der Waals surface area contributed by atoms with Crippen molar-refractivity contribution < 1.29 is 19.2 Å². The van der Waals surface area contributed by atoms with Gasteiger partial charge in [0.2, 0.25) is 17.7 Å². The fourth-order valence-electron chi connectivity index (χ4n) is 1.66. The number of hydrogen-bond acceptors (Lipinski definition) is 6. The molecule has 0 rings (SSSR count). The molecular weight excluding hydrogens is 254 g/mol. The van der Waals surface area contributed by atoms with Gasteiger partial charge in [-0.05, 0) is 12.8 Å². The molecule has 19 heavy (non-hydrogen) atoms. The molecule has 6 N–H and O–H groups in total. The van der Waals surface area contributed by atoms with Crippen molar-refractivity contribution in [3.8, 4) is 0 Å². The molecule has 0 aromatic carbocycles. The summed E-state index contributed by atoms with van der Waals surface area (Å²) in [5.74, 6) is 7.74. The molecule has 0 bridgehead atoms. The molecule has 108 valence electrons. The lowest BCUT2D eigenvalue weighted by atomic mass is 10.1. The molecule has 0 fully saturated rings. The molecule has 0 aliphatic rings. The number of imide groups is 1. The maximum Gasteiger partial charge on any atom is 0.257 e. The highest BCUT2D eigenvalue weighted by Crippen LogP contribution is 2.10. The average molecular weight is 273 g/mol. The predicted octanol–water partition coefficient (Wildman–Crippen LogP) is -2.10. The van der Waals surface area contributed by atoms with Crippen LogP contribution in [0.5, 0.6) is 0 Å². The molecule has 0 radical (unpaired) electrons. The summed E-state index contributed by atoms with van der Waals surface area (Å²) in [5, 5.41) is 0. The molecule has 0 aliphatic carbocycles. The summed E-state index contributed by atoms with van der Waals surface area (Å²) >= 11 is 0. The second-order valence-electron chi connectivity index (χ2n) is 3.89.